The maximum absolute atomic E-state index is 12.9. The molecule has 0 fully saturated rings. The summed E-state index contributed by atoms with van der Waals surface area (Å²) in [5.74, 6) is 0.0145. The average Bonchev–Trinajstić information content (AvgIpc) is 3.23. The highest BCUT2D eigenvalue weighted by Gasteiger charge is 2.29. The van der Waals surface area contributed by atoms with Crippen LogP contribution in [0.4, 0.5) is 4.79 Å². The Morgan fingerprint density at radius 1 is 0.789 bits per heavy atom. The Balaban J connectivity index is 1.39. The van der Waals surface area contributed by atoms with Gasteiger partial charge in [-0.1, -0.05) is 127 Å². The standard InChI is InChI=1S/C33H48N2O3/c1-4-5-6-7-8-9-10-11-12-17-22-34-31(23-25(2)3)32(36)35-33(37)38-24-30-28-20-15-13-18-26(28)27-19-14-16-21-29(27)30/h13-16,18-21,25,30-31,34H,4-12,17,22-24H2,1-3H3,(H,35,36,37)/t31-/m0/s1. The topological polar surface area (TPSA) is 67.4 Å². The van der Waals surface area contributed by atoms with Gasteiger partial charge in [0.15, 0.2) is 0 Å². The molecule has 0 aliphatic heterocycles. The van der Waals surface area contributed by atoms with Gasteiger partial charge >= 0.3 is 6.09 Å². The van der Waals surface area contributed by atoms with E-state index in [2.05, 4.69) is 55.7 Å². The summed E-state index contributed by atoms with van der Waals surface area (Å²) >= 11 is 0. The number of hydrogen-bond acceptors (Lipinski definition) is 4. The number of rotatable bonds is 17. The van der Waals surface area contributed by atoms with E-state index in [1.165, 1.54) is 68.9 Å². The number of benzene rings is 2. The van der Waals surface area contributed by atoms with Crippen LogP contribution in [0.3, 0.4) is 0 Å². The zero-order chi connectivity index (χ0) is 27.2. The maximum atomic E-state index is 12.9. The number of hydrogen-bond donors (Lipinski definition) is 2. The van der Waals surface area contributed by atoms with Crippen molar-refractivity contribution in [2.24, 2.45) is 5.92 Å². The Hall–Kier alpha value is -2.66. The first-order valence-electron chi connectivity index (χ1n) is 14.9. The SMILES string of the molecule is CCCCCCCCCCCCN[C@@H](CC(C)C)C(=O)NC(=O)OCC1c2ccccc2-c2ccccc21. The van der Waals surface area contributed by atoms with Crippen molar-refractivity contribution in [3.63, 3.8) is 0 Å². The minimum atomic E-state index is -0.675. The number of nitrogens with one attached hydrogen (secondary N) is 2. The molecule has 0 radical (unpaired) electrons. The fourth-order valence-electron chi connectivity index (χ4n) is 5.47. The third-order valence-electron chi connectivity index (χ3n) is 7.51. The minimum absolute atomic E-state index is 0.0239. The smallest absolute Gasteiger partial charge is 0.413 e. The summed E-state index contributed by atoms with van der Waals surface area (Å²) in [5, 5.41) is 5.87. The molecule has 0 aromatic heterocycles. The lowest BCUT2D eigenvalue weighted by molar-refractivity contribution is -0.122. The zero-order valence-corrected chi connectivity index (χ0v) is 23.8. The van der Waals surface area contributed by atoms with Crippen LogP contribution < -0.4 is 10.6 Å². The van der Waals surface area contributed by atoms with Crippen LogP contribution in [0.15, 0.2) is 48.5 Å². The molecule has 0 spiro atoms. The van der Waals surface area contributed by atoms with Gasteiger partial charge in [-0.25, -0.2) is 4.79 Å². The van der Waals surface area contributed by atoms with Crippen molar-refractivity contribution in [2.45, 2.75) is 103 Å². The van der Waals surface area contributed by atoms with Gasteiger partial charge in [0.2, 0.25) is 5.91 Å². The van der Waals surface area contributed by atoms with Crippen molar-refractivity contribution in [3.05, 3.63) is 59.7 Å². The van der Waals surface area contributed by atoms with Crippen molar-refractivity contribution < 1.29 is 14.3 Å². The van der Waals surface area contributed by atoms with Gasteiger partial charge in [0.05, 0.1) is 6.04 Å². The fraction of sp³-hybridized carbons (Fsp3) is 0.576. The maximum Gasteiger partial charge on any atom is 0.413 e. The van der Waals surface area contributed by atoms with Crippen LogP contribution in [-0.4, -0.2) is 31.2 Å². The molecule has 5 nitrogen and oxygen atoms in total. The molecule has 2 aromatic rings. The van der Waals surface area contributed by atoms with Gasteiger partial charge in [-0.2, -0.15) is 0 Å². The highest BCUT2D eigenvalue weighted by Crippen LogP contribution is 2.44. The van der Waals surface area contributed by atoms with Crippen LogP contribution in [0.1, 0.15) is 108 Å². The monoisotopic (exact) mass is 520 g/mol. The predicted octanol–water partition coefficient (Wildman–Crippen LogP) is 7.98. The van der Waals surface area contributed by atoms with Gasteiger partial charge < -0.3 is 10.1 Å². The van der Waals surface area contributed by atoms with E-state index in [1.54, 1.807) is 0 Å². The third kappa shape index (κ3) is 9.27. The Kier molecular flexibility index (Phi) is 12.8. The molecule has 1 aliphatic rings. The molecule has 3 rings (SSSR count). The molecule has 5 heteroatoms. The van der Waals surface area contributed by atoms with E-state index in [4.69, 9.17) is 4.74 Å². The first-order chi connectivity index (χ1) is 18.5. The Morgan fingerprint density at radius 2 is 1.32 bits per heavy atom. The largest absolute Gasteiger partial charge is 0.448 e. The van der Waals surface area contributed by atoms with E-state index in [9.17, 15) is 9.59 Å². The molecule has 38 heavy (non-hydrogen) atoms. The summed E-state index contributed by atoms with van der Waals surface area (Å²) in [5.41, 5.74) is 4.68. The molecule has 2 amide bonds. The van der Waals surface area contributed by atoms with E-state index in [-0.39, 0.29) is 18.4 Å². The molecular formula is C33H48N2O3. The summed E-state index contributed by atoms with van der Waals surface area (Å²) in [6.45, 7) is 7.43. The average molecular weight is 521 g/mol. The van der Waals surface area contributed by atoms with E-state index in [0.717, 1.165) is 24.1 Å². The van der Waals surface area contributed by atoms with E-state index < -0.39 is 12.1 Å². The molecule has 1 atom stereocenters. The predicted molar refractivity (Wildman–Crippen MR) is 156 cm³/mol. The summed E-state index contributed by atoms with van der Waals surface area (Å²) in [6, 6.07) is 16.1. The molecule has 0 heterocycles. The second-order valence-corrected chi connectivity index (χ2v) is 11.1. The quantitative estimate of drug-likeness (QED) is 0.208. The molecule has 2 aromatic carbocycles. The number of alkyl carbamates (subject to hydrolysis) is 1. The highest BCUT2D eigenvalue weighted by molar-refractivity contribution is 5.95. The Bertz CT molecular complexity index is 958. The van der Waals surface area contributed by atoms with Crippen LogP contribution in [-0.2, 0) is 9.53 Å². The van der Waals surface area contributed by atoms with E-state index in [0.29, 0.717) is 12.3 Å². The van der Waals surface area contributed by atoms with Gasteiger partial charge in [-0.15, -0.1) is 0 Å². The summed E-state index contributed by atoms with van der Waals surface area (Å²) in [6.07, 6.45) is 12.8. The van der Waals surface area contributed by atoms with Crippen molar-refractivity contribution >= 4 is 12.0 Å². The third-order valence-corrected chi connectivity index (χ3v) is 7.51. The lowest BCUT2D eigenvalue weighted by Gasteiger charge is -2.20. The van der Waals surface area contributed by atoms with Gasteiger partial charge in [-0.3, -0.25) is 10.1 Å². The lowest BCUT2D eigenvalue weighted by atomic mass is 9.98. The molecular weight excluding hydrogens is 472 g/mol. The molecule has 2 N–H and O–H groups in total. The van der Waals surface area contributed by atoms with Crippen LogP contribution >= 0.6 is 0 Å². The van der Waals surface area contributed by atoms with Crippen molar-refractivity contribution in [2.75, 3.05) is 13.2 Å². The van der Waals surface area contributed by atoms with Gasteiger partial charge in [0.1, 0.15) is 6.61 Å². The summed E-state index contributed by atoms with van der Waals surface area (Å²) in [7, 11) is 0. The van der Waals surface area contributed by atoms with E-state index in [1.807, 2.05) is 24.3 Å². The number of ether oxygens (including phenoxy) is 1. The van der Waals surface area contributed by atoms with Gasteiger partial charge in [-0.05, 0) is 47.6 Å². The number of carbonyl (C=O) groups excluding carboxylic acids is 2. The fourth-order valence-corrected chi connectivity index (χ4v) is 5.47. The van der Waals surface area contributed by atoms with Crippen molar-refractivity contribution in [1.29, 1.82) is 0 Å². The first-order valence-corrected chi connectivity index (χ1v) is 14.9. The Labute approximate surface area is 230 Å². The van der Waals surface area contributed by atoms with Crippen LogP contribution in [0.2, 0.25) is 0 Å². The number of carbonyl (C=O) groups is 2. The first kappa shape index (κ1) is 29.9. The molecule has 0 bridgehead atoms. The van der Waals surface area contributed by atoms with Crippen LogP contribution in [0, 0.1) is 5.92 Å². The van der Waals surface area contributed by atoms with Crippen LogP contribution in [0.25, 0.3) is 11.1 Å². The minimum Gasteiger partial charge on any atom is -0.448 e. The summed E-state index contributed by atoms with van der Waals surface area (Å²) in [4.78, 5) is 25.5. The van der Waals surface area contributed by atoms with Crippen molar-refractivity contribution in [1.82, 2.24) is 10.6 Å². The molecule has 1 aliphatic carbocycles. The number of imide groups is 1. The second kappa shape index (κ2) is 16.3. The van der Waals surface area contributed by atoms with Gasteiger partial charge in [0, 0.05) is 5.92 Å². The lowest BCUT2D eigenvalue weighted by Crippen LogP contribution is -2.47. The zero-order valence-electron chi connectivity index (χ0n) is 23.8. The molecule has 0 saturated carbocycles. The van der Waals surface area contributed by atoms with E-state index >= 15 is 0 Å². The van der Waals surface area contributed by atoms with Crippen molar-refractivity contribution in [3.8, 4) is 11.1 Å². The van der Waals surface area contributed by atoms with Crippen LogP contribution in [0.5, 0.6) is 0 Å². The molecule has 208 valence electrons. The number of unbranched alkanes of at least 4 members (excludes halogenated alkanes) is 9. The summed E-state index contributed by atoms with van der Waals surface area (Å²) < 4.78 is 5.58. The van der Waals surface area contributed by atoms with Gasteiger partial charge in [0.25, 0.3) is 0 Å². The second-order valence-electron chi connectivity index (χ2n) is 11.1. The normalized spacial score (nSPS) is 13.3. The number of amides is 2. The Morgan fingerprint density at radius 3 is 1.87 bits per heavy atom. The highest BCUT2D eigenvalue weighted by atomic mass is 16.5. The molecule has 0 unspecified atom stereocenters. The number of fused-ring (bicyclic) bond motifs is 3. The molecule has 0 saturated heterocycles.